The summed E-state index contributed by atoms with van der Waals surface area (Å²) in [5, 5.41) is 13.8. The van der Waals surface area contributed by atoms with Crippen LogP contribution in [0.1, 0.15) is 30.1 Å². The monoisotopic (exact) mass is 287 g/mol. The van der Waals surface area contributed by atoms with E-state index >= 15 is 0 Å². The lowest BCUT2D eigenvalue weighted by atomic mass is 9.92. The third-order valence-electron chi connectivity index (χ3n) is 3.68. The number of nitrogens with one attached hydrogen (secondary N) is 1. The smallest absolute Gasteiger partial charge is 0.304 e. The van der Waals surface area contributed by atoms with Gasteiger partial charge in [-0.1, -0.05) is 6.07 Å². The molecule has 0 radical (unpaired) electrons. The Morgan fingerprint density at radius 1 is 1.38 bits per heavy atom. The van der Waals surface area contributed by atoms with E-state index in [0.29, 0.717) is 5.69 Å². The number of aromatic nitrogens is 1. The van der Waals surface area contributed by atoms with E-state index in [9.17, 15) is 14.5 Å². The Balaban J connectivity index is 1.85. The van der Waals surface area contributed by atoms with Gasteiger partial charge in [0, 0.05) is 24.0 Å². The maximum absolute atomic E-state index is 13.7. The summed E-state index contributed by atoms with van der Waals surface area (Å²) in [6.07, 6.45) is 4.68. The van der Waals surface area contributed by atoms with Crippen LogP contribution in [0.5, 0.6) is 0 Å². The van der Waals surface area contributed by atoms with Crippen molar-refractivity contribution in [1.82, 2.24) is 4.98 Å². The highest BCUT2D eigenvalue weighted by molar-refractivity contribution is 5.51. The first-order chi connectivity index (χ1) is 10.1. The van der Waals surface area contributed by atoms with E-state index in [1.54, 1.807) is 6.20 Å². The molecule has 21 heavy (non-hydrogen) atoms. The van der Waals surface area contributed by atoms with Gasteiger partial charge in [-0.05, 0) is 37.0 Å². The van der Waals surface area contributed by atoms with Crippen molar-refractivity contribution in [2.45, 2.75) is 25.3 Å². The highest BCUT2D eigenvalue weighted by Gasteiger charge is 2.22. The molecule has 0 spiro atoms. The van der Waals surface area contributed by atoms with Crippen LogP contribution in [0.25, 0.3) is 0 Å². The van der Waals surface area contributed by atoms with Crippen molar-refractivity contribution in [3.8, 4) is 0 Å². The molecule has 108 valence electrons. The predicted molar refractivity (Wildman–Crippen MR) is 76.6 cm³/mol. The molecule has 1 N–H and O–H groups in total. The molecule has 1 aliphatic rings. The molecule has 6 heteroatoms. The Bertz CT molecular complexity index is 690. The lowest BCUT2D eigenvalue weighted by Gasteiger charge is -2.26. The number of benzene rings is 1. The van der Waals surface area contributed by atoms with Crippen LogP contribution in [0.15, 0.2) is 36.5 Å². The summed E-state index contributed by atoms with van der Waals surface area (Å²) in [6, 6.07) is 7.84. The number of aryl methyl sites for hydroxylation is 1. The van der Waals surface area contributed by atoms with E-state index in [1.165, 1.54) is 17.7 Å². The van der Waals surface area contributed by atoms with Gasteiger partial charge in [-0.2, -0.15) is 4.39 Å². The van der Waals surface area contributed by atoms with Crippen molar-refractivity contribution in [2.75, 3.05) is 5.32 Å². The van der Waals surface area contributed by atoms with Crippen LogP contribution >= 0.6 is 0 Å². The molecular formula is C15H14FN3O2. The minimum Gasteiger partial charge on any atom is -0.377 e. The number of hydrogen-bond donors (Lipinski definition) is 1. The number of rotatable bonds is 3. The molecule has 1 aliphatic carbocycles. The number of anilines is 1. The van der Waals surface area contributed by atoms with Gasteiger partial charge in [0.05, 0.1) is 16.7 Å². The van der Waals surface area contributed by atoms with Gasteiger partial charge in [0.1, 0.15) is 0 Å². The number of nitro benzene ring substituents is 1. The summed E-state index contributed by atoms with van der Waals surface area (Å²) in [7, 11) is 0. The molecular weight excluding hydrogens is 273 g/mol. The van der Waals surface area contributed by atoms with Gasteiger partial charge >= 0.3 is 5.69 Å². The van der Waals surface area contributed by atoms with Crippen molar-refractivity contribution in [1.29, 1.82) is 0 Å². The summed E-state index contributed by atoms with van der Waals surface area (Å²) in [5.74, 6) is -0.831. The van der Waals surface area contributed by atoms with Gasteiger partial charge in [-0.3, -0.25) is 15.1 Å². The highest BCUT2D eigenvalue weighted by Crippen LogP contribution is 2.31. The molecule has 1 unspecified atom stereocenters. The third kappa shape index (κ3) is 2.69. The zero-order chi connectivity index (χ0) is 14.8. The van der Waals surface area contributed by atoms with Gasteiger partial charge in [0.25, 0.3) is 0 Å². The quantitative estimate of drug-likeness (QED) is 0.691. The maximum atomic E-state index is 13.7. The highest BCUT2D eigenvalue weighted by atomic mass is 19.1. The number of nitro groups is 1. The first-order valence-electron chi connectivity index (χ1n) is 6.79. The molecule has 0 amide bonds. The Morgan fingerprint density at radius 2 is 2.24 bits per heavy atom. The average molecular weight is 287 g/mol. The van der Waals surface area contributed by atoms with Crippen molar-refractivity contribution in [2.24, 2.45) is 0 Å². The first kappa shape index (κ1) is 13.5. The fourth-order valence-electron chi connectivity index (χ4n) is 2.70. The largest absolute Gasteiger partial charge is 0.377 e. The lowest BCUT2D eigenvalue weighted by molar-refractivity contribution is -0.387. The van der Waals surface area contributed by atoms with Gasteiger partial charge in [-0.15, -0.1) is 0 Å². The fourth-order valence-corrected chi connectivity index (χ4v) is 2.70. The van der Waals surface area contributed by atoms with Gasteiger partial charge in [0.15, 0.2) is 0 Å². The lowest BCUT2D eigenvalue weighted by Crippen LogP contribution is -2.18. The number of fused-ring (bicyclic) bond motifs is 1. The normalized spacial score (nSPS) is 17.1. The Labute approximate surface area is 121 Å². The summed E-state index contributed by atoms with van der Waals surface area (Å²) in [5.41, 5.74) is 2.19. The molecule has 3 rings (SSSR count). The minimum atomic E-state index is -0.831. The number of hydrogen-bond acceptors (Lipinski definition) is 4. The fraction of sp³-hybridized carbons (Fsp3) is 0.267. The molecule has 0 saturated carbocycles. The topological polar surface area (TPSA) is 68.1 Å². The third-order valence-corrected chi connectivity index (χ3v) is 3.68. The van der Waals surface area contributed by atoms with Crippen LogP contribution < -0.4 is 5.32 Å². The van der Waals surface area contributed by atoms with E-state index in [2.05, 4.69) is 10.3 Å². The van der Waals surface area contributed by atoms with Crippen molar-refractivity contribution in [3.63, 3.8) is 0 Å². The molecule has 1 aromatic carbocycles. The number of nitrogens with zero attached hydrogens (tertiary/aromatic N) is 2. The van der Waals surface area contributed by atoms with Gasteiger partial charge in [0.2, 0.25) is 5.82 Å². The molecule has 0 saturated heterocycles. The van der Waals surface area contributed by atoms with E-state index in [4.69, 9.17) is 0 Å². The van der Waals surface area contributed by atoms with Crippen molar-refractivity contribution >= 4 is 11.4 Å². The van der Waals surface area contributed by atoms with Gasteiger partial charge < -0.3 is 5.32 Å². The predicted octanol–water partition coefficient (Wildman–Crippen LogP) is 3.62. The standard InChI is InChI=1S/C15H14FN3O2/c16-12-9-11(6-7-14(12)19(20)21)18-13-5-1-3-10-4-2-8-17-15(10)13/h2,4,6-9,13,18H,1,3,5H2. The van der Waals surface area contributed by atoms with E-state index in [1.807, 2.05) is 12.1 Å². The number of halogens is 1. The molecule has 1 aromatic heterocycles. The van der Waals surface area contributed by atoms with Crippen molar-refractivity contribution < 1.29 is 9.31 Å². The Kier molecular flexibility index (Phi) is 3.51. The molecule has 0 fully saturated rings. The summed E-state index contributed by atoms with van der Waals surface area (Å²) < 4.78 is 13.7. The molecule has 5 nitrogen and oxygen atoms in total. The van der Waals surface area contributed by atoms with Crippen molar-refractivity contribution in [3.05, 3.63) is 63.7 Å². The Morgan fingerprint density at radius 3 is 3.00 bits per heavy atom. The summed E-state index contributed by atoms with van der Waals surface area (Å²) in [4.78, 5) is 14.3. The molecule has 0 aliphatic heterocycles. The average Bonchev–Trinajstić information content (AvgIpc) is 2.47. The van der Waals surface area contributed by atoms with Crippen LogP contribution in [-0.2, 0) is 6.42 Å². The van der Waals surface area contributed by atoms with E-state index in [-0.39, 0.29) is 6.04 Å². The van der Waals surface area contributed by atoms with Crippen LogP contribution in [0.4, 0.5) is 15.8 Å². The van der Waals surface area contributed by atoms with Crippen LogP contribution in [0.3, 0.4) is 0 Å². The van der Waals surface area contributed by atoms with Crippen LogP contribution in [0.2, 0.25) is 0 Å². The minimum absolute atomic E-state index is 0.0100. The Hall–Kier alpha value is -2.50. The summed E-state index contributed by atoms with van der Waals surface area (Å²) >= 11 is 0. The van der Waals surface area contributed by atoms with Crippen LogP contribution in [0, 0.1) is 15.9 Å². The first-order valence-corrected chi connectivity index (χ1v) is 6.79. The molecule has 2 aromatic rings. The van der Waals surface area contributed by atoms with E-state index in [0.717, 1.165) is 31.0 Å². The molecule has 1 heterocycles. The number of pyridine rings is 1. The van der Waals surface area contributed by atoms with Crippen LogP contribution in [-0.4, -0.2) is 9.91 Å². The zero-order valence-corrected chi connectivity index (χ0v) is 11.3. The van der Waals surface area contributed by atoms with Gasteiger partial charge in [-0.25, -0.2) is 0 Å². The second kappa shape index (κ2) is 5.47. The molecule has 0 bridgehead atoms. The maximum Gasteiger partial charge on any atom is 0.304 e. The van der Waals surface area contributed by atoms with E-state index < -0.39 is 16.4 Å². The zero-order valence-electron chi connectivity index (χ0n) is 11.3. The second-order valence-electron chi connectivity index (χ2n) is 5.06. The SMILES string of the molecule is O=[N+]([O-])c1ccc(NC2CCCc3cccnc32)cc1F. The second-order valence-corrected chi connectivity index (χ2v) is 5.06. The summed E-state index contributed by atoms with van der Waals surface area (Å²) in [6.45, 7) is 0. The molecule has 1 atom stereocenters.